The Hall–Kier alpha value is -2.08. The fourth-order valence-corrected chi connectivity index (χ4v) is 2.16. The van der Waals surface area contributed by atoms with Crippen molar-refractivity contribution >= 4 is 33.2 Å². The van der Waals surface area contributed by atoms with Gasteiger partial charge in [0.15, 0.2) is 0 Å². The number of methoxy groups -OCH3 is 1. The molecule has 2 aromatic carbocycles. The Bertz CT molecular complexity index is 662. The summed E-state index contributed by atoms with van der Waals surface area (Å²) in [4.78, 5) is 12.1. The summed E-state index contributed by atoms with van der Waals surface area (Å²) in [6.45, 7) is 0. The molecule has 0 aliphatic rings. The summed E-state index contributed by atoms with van der Waals surface area (Å²) in [5.41, 5.74) is 6.47. The van der Waals surface area contributed by atoms with Crippen LogP contribution in [0.25, 0.3) is 0 Å². The first-order valence-corrected chi connectivity index (χ1v) is 6.50. The number of ether oxygens (including phenoxy) is 1. The third-order valence-electron chi connectivity index (χ3n) is 2.62. The van der Waals surface area contributed by atoms with E-state index in [9.17, 15) is 9.18 Å². The Morgan fingerprint density at radius 3 is 2.70 bits per heavy atom. The van der Waals surface area contributed by atoms with Crippen molar-refractivity contribution in [1.29, 1.82) is 0 Å². The molecule has 0 aliphatic carbocycles. The number of halogens is 2. The van der Waals surface area contributed by atoms with Gasteiger partial charge in [-0.15, -0.1) is 0 Å². The summed E-state index contributed by atoms with van der Waals surface area (Å²) >= 11 is 3.32. The molecule has 0 unspecified atom stereocenters. The van der Waals surface area contributed by atoms with Gasteiger partial charge >= 0.3 is 0 Å². The quantitative estimate of drug-likeness (QED) is 0.842. The van der Waals surface area contributed by atoms with E-state index in [-0.39, 0.29) is 11.3 Å². The molecule has 2 rings (SSSR count). The number of amides is 1. The van der Waals surface area contributed by atoms with Crippen molar-refractivity contribution in [3.8, 4) is 5.75 Å². The highest BCUT2D eigenvalue weighted by atomic mass is 79.9. The van der Waals surface area contributed by atoms with Crippen molar-refractivity contribution < 1.29 is 13.9 Å². The zero-order valence-corrected chi connectivity index (χ0v) is 12.2. The summed E-state index contributed by atoms with van der Waals surface area (Å²) in [6, 6.07) is 8.79. The molecule has 3 N–H and O–H groups in total. The van der Waals surface area contributed by atoms with Crippen molar-refractivity contribution in [3.63, 3.8) is 0 Å². The van der Waals surface area contributed by atoms with E-state index in [2.05, 4.69) is 21.2 Å². The number of hydrogen-bond acceptors (Lipinski definition) is 3. The van der Waals surface area contributed by atoms with Gasteiger partial charge in [0.25, 0.3) is 5.91 Å². The highest BCUT2D eigenvalue weighted by molar-refractivity contribution is 9.10. The number of nitrogens with one attached hydrogen (secondary N) is 1. The van der Waals surface area contributed by atoms with E-state index in [1.165, 1.54) is 19.2 Å². The predicted octanol–water partition coefficient (Wildman–Crippen LogP) is 3.43. The van der Waals surface area contributed by atoms with E-state index in [4.69, 9.17) is 10.5 Å². The summed E-state index contributed by atoms with van der Waals surface area (Å²) in [6.07, 6.45) is 0. The normalized spacial score (nSPS) is 10.2. The van der Waals surface area contributed by atoms with Crippen molar-refractivity contribution in [2.45, 2.75) is 0 Å². The average molecular weight is 339 g/mol. The van der Waals surface area contributed by atoms with Gasteiger partial charge in [0.05, 0.1) is 12.7 Å². The number of anilines is 2. The molecule has 6 heteroatoms. The second-order valence-corrected chi connectivity index (χ2v) is 4.98. The van der Waals surface area contributed by atoms with Gasteiger partial charge in [-0.3, -0.25) is 4.79 Å². The fourth-order valence-electron chi connectivity index (χ4n) is 1.69. The third kappa shape index (κ3) is 3.27. The van der Waals surface area contributed by atoms with Gasteiger partial charge in [0, 0.05) is 21.9 Å². The maximum atomic E-state index is 13.0. The van der Waals surface area contributed by atoms with E-state index in [0.29, 0.717) is 11.4 Å². The largest absolute Gasteiger partial charge is 0.497 e. The van der Waals surface area contributed by atoms with Crippen LogP contribution in [-0.2, 0) is 0 Å². The molecular weight excluding hydrogens is 327 g/mol. The Morgan fingerprint density at radius 1 is 1.30 bits per heavy atom. The van der Waals surface area contributed by atoms with Crippen LogP contribution in [-0.4, -0.2) is 13.0 Å². The van der Waals surface area contributed by atoms with E-state index in [1.807, 2.05) is 0 Å². The van der Waals surface area contributed by atoms with Gasteiger partial charge in [0.1, 0.15) is 11.6 Å². The second-order valence-electron chi connectivity index (χ2n) is 4.07. The SMILES string of the molecule is COc1cc(Br)cc(NC(=O)c2ccc(F)cc2N)c1. The molecule has 0 saturated carbocycles. The molecule has 4 nitrogen and oxygen atoms in total. The zero-order valence-electron chi connectivity index (χ0n) is 10.6. The third-order valence-corrected chi connectivity index (χ3v) is 3.08. The number of carbonyl (C=O) groups is 1. The average Bonchev–Trinajstić information content (AvgIpc) is 2.37. The number of nitrogens with two attached hydrogens (primary N) is 1. The van der Waals surface area contributed by atoms with E-state index in [1.54, 1.807) is 18.2 Å². The van der Waals surface area contributed by atoms with Crippen LogP contribution in [0.15, 0.2) is 40.9 Å². The van der Waals surface area contributed by atoms with Crippen LogP contribution in [0.5, 0.6) is 5.75 Å². The highest BCUT2D eigenvalue weighted by Gasteiger charge is 2.11. The van der Waals surface area contributed by atoms with E-state index >= 15 is 0 Å². The van der Waals surface area contributed by atoms with Crippen molar-refractivity contribution in [3.05, 3.63) is 52.3 Å². The molecule has 0 radical (unpaired) electrons. The van der Waals surface area contributed by atoms with Crippen LogP contribution in [0.3, 0.4) is 0 Å². The standard InChI is InChI=1S/C14H12BrFN2O2/c1-20-11-5-8(15)4-10(7-11)18-14(19)12-3-2-9(16)6-13(12)17/h2-7H,17H2,1H3,(H,18,19). The van der Waals surface area contributed by atoms with Crippen molar-refractivity contribution in [1.82, 2.24) is 0 Å². The summed E-state index contributed by atoms with van der Waals surface area (Å²) in [5, 5.41) is 2.68. The first kappa shape index (κ1) is 14.3. The molecule has 104 valence electrons. The lowest BCUT2D eigenvalue weighted by atomic mass is 10.1. The zero-order chi connectivity index (χ0) is 14.7. The second kappa shape index (κ2) is 5.92. The highest BCUT2D eigenvalue weighted by Crippen LogP contribution is 2.25. The van der Waals surface area contributed by atoms with Crippen LogP contribution in [0.1, 0.15) is 10.4 Å². The van der Waals surface area contributed by atoms with Crippen molar-refractivity contribution in [2.75, 3.05) is 18.2 Å². The molecule has 0 bridgehead atoms. The Kier molecular flexibility index (Phi) is 4.24. The maximum Gasteiger partial charge on any atom is 0.257 e. The molecule has 1 amide bonds. The van der Waals surface area contributed by atoms with Gasteiger partial charge in [-0.05, 0) is 30.3 Å². The number of benzene rings is 2. The van der Waals surface area contributed by atoms with Crippen LogP contribution < -0.4 is 15.8 Å². The molecule has 2 aromatic rings. The van der Waals surface area contributed by atoms with Crippen LogP contribution in [0.2, 0.25) is 0 Å². The molecule has 0 aromatic heterocycles. The minimum Gasteiger partial charge on any atom is -0.497 e. The maximum absolute atomic E-state index is 13.0. The molecule has 0 spiro atoms. The first-order valence-electron chi connectivity index (χ1n) is 5.70. The smallest absolute Gasteiger partial charge is 0.257 e. The first-order chi connectivity index (χ1) is 9.49. The lowest BCUT2D eigenvalue weighted by Crippen LogP contribution is -2.14. The Morgan fingerprint density at radius 2 is 2.05 bits per heavy atom. The fraction of sp³-hybridized carbons (Fsp3) is 0.0714. The molecular formula is C14H12BrFN2O2. The minimum absolute atomic E-state index is 0.0875. The minimum atomic E-state index is -0.483. The number of carbonyl (C=O) groups excluding carboxylic acids is 1. The summed E-state index contributed by atoms with van der Waals surface area (Å²) in [7, 11) is 1.53. The van der Waals surface area contributed by atoms with E-state index < -0.39 is 11.7 Å². The predicted molar refractivity (Wildman–Crippen MR) is 79.5 cm³/mol. The Balaban J connectivity index is 2.25. The molecule has 0 atom stereocenters. The van der Waals surface area contributed by atoms with Crippen LogP contribution >= 0.6 is 15.9 Å². The topological polar surface area (TPSA) is 64.3 Å². The van der Waals surface area contributed by atoms with Gasteiger partial charge in [-0.25, -0.2) is 4.39 Å². The number of rotatable bonds is 3. The molecule has 20 heavy (non-hydrogen) atoms. The number of nitrogen functional groups attached to an aromatic ring is 1. The molecule has 0 fully saturated rings. The molecule has 0 saturated heterocycles. The number of hydrogen-bond donors (Lipinski definition) is 2. The lowest BCUT2D eigenvalue weighted by Gasteiger charge is -2.09. The summed E-state index contributed by atoms with van der Waals surface area (Å²) in [5.74, 6) is -0.299. The molecule has 0 heterocycles. The van der Waals surface area contributed by atoms with E-state index in [0.717, 1.165) is 10.5 Å². The van der Waals surface area contributed by atoms with Crippen molar-refractivity contribution in [2.24, 2.45) is 0 Å². The van der Waals surface area contributed by atoms with Gasteiger partial charge in [0.2, 0.25) is 0 Å². The van der Waals surface area contributed by atoms with Crippen LogP contribution in [0, 0.1) is 5.82 Å². The van der Waals surface area contributed by atoms with Crippen LogP contribution in [0.4, 0.5) is 15.8 Å². The monoisotopic (exact) mass is 338 g/mol. The molecule has 0 aliphatic heterocycles. The lowest BCUT2D eigenvalue weighted by molar-refractivity contribution is 0.102. The van der Waals surface area contributed by atoms with Gasteiger partial charge in [-0.2, -0.15) is 0 Å². The van der Waals surface area contributed by atoms with Gasteiger partial charge in [-0.1, -0.05) is 15.9 Å². The Labute approximate surface area is 123 Å². The van der Waals surface area contributed by atoms with Gasteiger partial charge < -0.3 is 15.8 Å². The summed E-state index contributed by atoms with van der Waals surface area (Å²) < 4.78 is 18.8.